The van der Waals surface area contributed by atoms with Crippen LogP contribution in [-0.2, 0) is 0 Å². The van der Waals surface area contributed by atoms with Gasteiger partial charge in [0.1, 0.15) is 0 Å². The first kappa shape index (κ1) is 14.0. The average Bonchev–Trinajstić information content (AvgIpc) is 2.41. The first-order chi connectivity index (χ1) is 9.06. The Morgan fingerprint density at radius 1 is 1.05 bits per heavy atom. The molecule has 2 nitrogen and oxygen atoms in total. The van der Waals surface area contributed by atoms with Crippen LogP contribution in [-0.4, -0.2) is 11.7 Å². The molecule has 19 heavy (non-hydrogen) atoms. The van der Waals surface area contributed by atoms with Crippen molar-refractivity contribution in [3.8, 4) is 0 Å². The smallest absolute Gasteiger partial charge is 0.159 e. The molecule has 2 aromatic rings. The minimum absolute atomic E-state index is 0.215. The van der Waals surface area contributed by atoms with E-state index in [1.54, 1.807) is 0 Å². The van der Waals surface area contributed by atoms with Crippen molar-refractivity contribution in [1.29, 1.82) is 0 Å². The van der Waals surface area contributed by atoms with Crippen molar-refractivity contribution < 1.29 is 13.9 Å². The maximum Gasteiger partial charge on any atom is 0.159 e. The summed E-state index contributed by atoms with van der Waals surface area (Å²) >= 11 is 3.32. The van der Waals surface area contributed by atoms with E-state index in [-0.39, 0.29) is 6.54 Å². The Hall–Kier alpha value is -1.46. The Balaban J connectivity index is 1.98. The fourth-order valence-corrected chi connectivity index (χ4v) is 1.88. The number of aliphatic hydroxyl groups is 1. The van der Waals surface area contributed by atoms with Crippen molar-refractivity contribution in [1.82, 2.24) is 0 Å². The van der Waals surface area contributed by atoms with Crippen molar-refractivity contribution in [2.24, 2.45) is 0 Å². The summed E-state index contributed by atoms with van der Waals surface area (Å²) in [5.74, 6) is -1.88. The van der Waals surface area contributed by atoms with Gasteiger partial charge in [-0.15, -0.1) is 0 Å². The predicted octanol–water partition coefficient (Wildman–Crippen LogP) is 3.87. The van der Waals surface area contributed by atoms with Gasteiger partial charge >= 0.3 is 0 Å². The monoisotopic (exact) mass is 327 g/mol. The molecular formula is C14H12BrF2NO. The molecule has 0 heterocycles. The Morgan fingerprint density at radius 3 is 2.37 bits per heavy atom. The predicted molar refractivity (Wildman–Crippen MR) is 73.9 cm³/mol. The first-order valence-corrected chi connectivity index (χ1v) is 6.48. The molecule has 0 bridgehead atoms. The molecule has 0 aromatic heterocycles. The van der Waals surface area contributed by atoms with Gasteiger partial charge in [-0.2, -0.15) is 0 Å². The number of hydrogen-bond acceptors (Lipinski definition) is 2. The van der Waals surface area contributed by atoms with Crippen molar-refractivity contribution >= 4 is 21.6 Å². The van der Waals surface area contributed by atoms with Gasteiger partial charge in [-0.3, -0.25) is 0 Å². The zero-order valence-corrected chi connectivity index (χ0v) is 11.5. The molecule has 2 N–H and O–H groups in total. The molecule has 5 heteroatoms. The molecular weight excluding hydrogens is 316 g/mol. The highest BCUT2D eigenvalue weighted by molar-refractivity contribution is 9.10. The zero-order chi connectivity index (χ0) is 13.8. The summed E-state index contributed by atoms with van der Waals surface area (Å²) in [6.07, 6.45) is -0.904. The van der Waals surface area contributed by atoms with E-state index < -0.39 is 17.7 Å². The number of anilines is 1. The van der Waals surface area contributed by atoms with Gasteiger partial charge in [-0.25, -0.2) is 8.78 Å². The maximum atomic E-state index is 13.0. The van der Waals surface area contributed by atoms with Gasteiger partial charge in [-0.1, -0.05) is 22.0 Å². The van der Waals surface area contributed by atoms with Gasteiger partial charge in [-0.05, 0) is 42.0 Å². The lowest BCUT2D eigenvalue weighted by molar-refractivity contribution is 0.191. The van der Waals surface area contributed by atoms with Gasteiger partial charge in [0.05, 0.1) is 6.10 Å². The third-order valence-electron chi connectivity index (χ3n) is 2.67. The number of halogens is 3. The molecule has 0 amide bonds. The van der Waals surface area contributed by atoms with Crippen LogP contribution in [0.15, 0.2) is 46.9 Å². The summed E-state index contributed by atoms with van der Waals surface area (Å²) in [5, 5.41) is 12.9. The van der Waals surface area contributed by atoms with Crippen LogP contribution in [0.4, 0.5) is 14.5 Å². The van der Waals surface area contributed by atoms with Crippen LogP contribution >= 0.6 is 15.9 Å². The van der Waals surface area contributed by atoms with Crippen LogP contribution in [0, 0.1) is 11.6 Å². The molecule has 0 aliphatic heterocycles. The fourth-order valence-electron chi connectivity index (χ4n) is 1.62. The highest BCUT2D eigenvalue weighted by Gasteiger charge is 2.10. The second-order valence-electron chi connectivity index (χ2n) is 4.08. The van der Waals surface area contributed by atoms with Gasteiger partial charge in [0.15, 0.2) is 11.6 Å². The molecule has 1 unspecified atom stereocenters. The van der Waals surface area contributed by atoms with E-state index >= 15 is 0 Å². The Morgan fingerprint density at radius 2 is 1.74 bits per heavy atom. The van der Waals surface area contributed by atoms with Gasteiger partial charge < -0.3 is 10.4 Å². The molecule has 100 valence electrons. The van der Waals surface area contributed by atoms with Crippen molar-refractivity contribution in [2.75, 3.05) is 11.9 Å². The first-order valence-electron chi connectivity index (χ1n) is 5.69. The van der Waals surface area contributed by atoms with Gasteiger partial charge in [0, 0.05) is 16.7 Å². The molecule has 0 spiro atoms. The molecule has 0 radical (unpaired) electrons. The maximum absolute atomic E-state index is 13.0. The molecule has 1 atom stereocenters. The lowest BCUT2D eigenvalue weighted by atomic mass is 10.1. The second kappa shape index (κ2) is 6.12. The van der Waals surface area contributed by atoms with E-state index in [4.69, 9.17) is 0 Å². The Kier molecular flexibility index (Phi) is 4.50. The highest BCUT2D eigenvalue weighted by atomic mass is 79.9. The van der Waals surface area contributed by atoms with Crippen molar-refractivity contribution in [2.45, 2.75) is 6.10 Å². The van der Waals surface area contributed by atoms with Crippen LogP contribution in [0.3, 0.4) is 0 Å². The third kappa shape index (κ3) is 3.75. The standard InChI is InChI=1S/C14H12BrF2NO/c15-10-2-4-11(5-3-10)18-8-14(19)9-1-6-12(16)13(17)7-9/h1-7,14,18-19H,8H2. The highest BCUT2D eigenvalue weighted by Crippen LogP contribution is 2.18. The van der Waals surface area contributed by atoms with Crippen LogP contribution < -0.4 is 5.32 Å². The quantitative estimate of drug-likeness (QED) is 0.893. The zero-order valence-electron chi connectivity index (χ0n) is 9.91. The van der Waals surface area contributed by atoms with Gasteiger partial charge in [0.2, 0.25) is 0 Å². The van der Waals surface area contributed by atoms with Crippen molar-refractivity contribution in [3.63, 3.8) is 0 Å². The Labute approximate surface area is 118 Å². The summed E-state index contributed by atoms with van der Waals surface area (Å²) in [5.41, 5.74) is 1.17. The second-order valence-corrected chi connectivity index (χ2v) is 4.99. The number of nitrogens with one attached hydrogen (secondary N) is 1. The van der Waals surface area contributed by atoms with Crippen LogP contribution in [0.1, 0.15) is 11.7 Å². The minimum atomic E-state index is -0.958. The molecule has 0 aliphatic carbocycles. The van der Waals surface area contributed by atoms with E-state index in [1.165, 1.54) is 6.07 Å². The van der Waals surface area contributed by atoms with E-state index in [9.17, 15) is 13.9 Å². The van der Waals surface area contributed by atoms with Gasteiger partial charge in [0.25, 0.3) is 0 Å². The lowest BCUT2D eigenvalue weighted by Gasteiger charge is -2.13. The average molecular weight is 328 g/mol. The van der Waals surface area contributed by atoms with E-state index in [0.29, 0.717) is 5.56 Å². The molecule has 0 saturated carbocycles. The summed E-state index contributed by atoms with van der Waals surface area (Å²) < 4.78 is 26.8. The number of rotatable bonds is 4. The van der Waals surface area contributed by atoms with Crippen LogP contribution in [0.25, 0.3) is 0 Å². The topological polar surface area (TPSA) is 32.3 Å². The fraction of sp³-hybridized carbons (Fsp3) is 0.143. The summed E-state index contributed by atoms with van der Waals surface area (Å²) in [7, 11) is 0. The third-order valence-corrected chi connectivity index (χ3v) is 3.20. The molecule has 2 aromatic carbocycles. The van der Waals surface area contributed by atoms with E-state index in [1.807, 2.05) is 24.3 Å². The molecule has 2 rings (SSSR count). The number of hydrogen-bond donors (Lipinski definition) is 2. The summed E-state index contributed by atoms with van der Waals surface area (Å²) in [4.78, 5) is 0. The van der Waals surface area contributed by atoms with Crippen LogP contribution in [0.2, 0.25) is 0 Å². The largest absolute Gasteiger partial charge is 0.387 e. The molecule has 0 aliphatic rings. The molecule has 0 saturated heterocycles. The van der Waals surface area contributed by atoms with E-state index in [0.717, 1.165) is 22.3 Å². The summed E-state index contributed by atoms with van der Waals surface area (Å²) in [6, 6.07) is 10.8. The SMILES string of the molecule is OC(CNc1ccc(Br)cc1)c1ccc(F)c(F)c1. The minimum Gasteiger partial charge on any atom is -0.387 e. The van der Waals surface area contributed by atoms with Crippen LogP contribution in [0.5, 0.6) is 0 Å². The van der Waals surface area contributed by atoms with E-state index in [2.05, 4.69) is 21.2 Å². The normalized spacial score (nSPS) is 12.2. The number of aliphatic hydroxyl groups excluding tert-OH is 1. The number of benzene rings is 2. The molecule has 0 fully saturated rings. The Bertz CT molecular complexity index is 560. The lowest BCUT2D eigenvalue weighted by Crippen LogP contribution is -2.12. The summed E-state index contributed by atoms with van der Waals surface area (Å²) in [6.45, 7) is 0.215. The van der Waals surface area contributed by atoms with Crippen molar-refractivity contribution in [3.05, 3.63) is 64.1 Å².